The van der Waals surface area contributed by atoms with Crippen molar-refractivity contribution in [1.29, 1.82) is 0 Å². The lowest BCUT2D eigenvalue weighted by Crippen LogP contribution is -2.52. The first-order chi connectivity index (χ1) is 23.0. The summed E-state index contributed by atoms with van der Waals surface area (Å²) in [5.41, 5.74) is 2.37. The van der Waals surface area contributed by atoms with E-state index in [0.717, 1.165) is 42.8 Å². The van der Waals surface area contributed by atoms with E-state index in [0.29, 0.717) is 37.7 Å². The van der Waals surface area contributed by atoms with Gasteiger partial charge in [-0.15, -0.1) is 0 Å². The topological polar surface area (TPSA) is 111 Å². The molecule has 2 aliphatic heterocycles. The fourth-order valence-electron chi connectivity index (χ4n) is 8.30. The number of ether oxygens (including phenoxy) is 2. The van der Waals surface area contributed by atoms with E-state index in [1.807, 2.05) is 31.2 Å². The summed E-state index contributed by atoms with van der Waals surface area (Å²) in [4.78, 5) is 25.3. The molecule has 6 atom stereocenters. The van der Waals surface area contributed by atoms with Gasteiger partial charge >= 0.3 is 0 Å². The second-order valence-electron chi connectivity index (χ2n) is 14.1. The van der Waals surface area contributed by atoms with Gasteiger partial charge in [0, 0.05) is 54.5 Å². The zero-order chi connectivity index (χ0) is 33.7. The Labute approximate surface area is 288 Å². The first-order valence-electron chi connectivity index (χ1n) is 16.9. The van der Waals surface area contributed by atoms with Gasteiger partial charge in [-0.25, -0.2) is 23.1 Å². The van der Waals surface area contributed by atoms with Crippen molar-refractivity contribution in [2.75, 3.05) is 31.7 Å². The van der Waals surface area contributed by atoms with Crippen LogP contribution in [0.5, 0.6) is 5.75 Å². The molecule has 1 aromatic heterocycles. The molecule has 1 saturated carbocycles. The van der Waals surface area contributed by atoms with E-state index in [-0.39, 0.29) is 28.7 Å². The zero-order valence-electron chi connectivity index (χ0n) is 27.7. The summed E-state index contributed by atoms with van der Waals surface area (Å²) in [5.74, 6) is 0.641. The number of rotatable bonds is 2. The fourth-order valence-corrected chi connectivity index (χ4v) is 9.78. The molecule has 3 heterocycles. The van der Waals surface area contributed by atoms with Crippen molar-refractivity contribution in [2.24, 2.45) is 17.8 Å². The van der Waals surface area contributed by atoms with Gasteiger partial charge in [0.1, 0.15) is 11.4 Å². The van der Waals surface area contributed by atoms with E-state index in [1.165, 1.54) is 11.1 Å². The molecule has 1 fully saturated rings. The summed E-state index contributed by atoms with van der Waals surface area (Å²) in [6, 6.07) is 13.3. The molecule has 7 rings (SSSR count). The van der Waals surface area contributed by atoms with Crippen LogP contribution in [0.15, 0.2) is 67.0 Å². The van der Waals surface area contributed by atoms with Crippen molar-refractivity contribution in [3.63, 3.8) is 0 Å². The summed E-state index contributed by atoms with van der Waals surface area (Å²) < 4.78 is 42.4. The molecule has 2 aliphatic carbocycles. The molecule has 254 valence electrons. The molecule has 0 radical (unpaired) electrons. The first kappa shape index (κ1) is 33.0. The minimum atomic E-state index is -3.98. The lowest BCUT2D eigenvalue weighted by Gasteiger charge is -2.49. The normalized spacial score (nSPS) is 32.1. The molecule has 11 heteroatoms. The number of amides is 1. The minimum Gasteiger partial charge on any atom is -0.490 e. The van der Waals surface area contributed by atoms with Crippen LogP contribution in [0.1, 0.15) is 73.3 Å². The van der Waals surface area contributed by atoms with Crippen LogP contribution in [0, 0.1) is 17.8 Å². The zero-order valence-corrected chi connectivity index (χ0v) is 29.3. The predicted molar refractivity (Wildman–Crippen MR) is 186 cm³/mol. The molecular formula is C37H43ClN4O5S. The van der Waals surface area contributed by atoms with Crippen LogP contribution in [0.25, 0.3) is 0 Å². The molecular weight excluding hydrogens is 648 g/mol. The fraction of sp³-hybridized carbons (Fsp3) is 0.486. The van der Waals surface area contributed by atoms with E-state index >= 15 is 0 Å². The van der Waals surface area contributed by atoms with Crippen molar-refractivity contribution in [3.8, 4) is 5.75 Å². The van der Waals surface area contributed by atoms with Crippen LogP contribution in [0.2, 0.25) is 5.02 Å². The largest absolute Gasteiger partial charge is 0.490 e. The number of halogens is 1. The van der Waals surface area contributed by atoms with Gasteiger partial charge < -0.3 is 14.4 Å². The Hall–Kier alpha value is -3.47. The number of benzene rings is 2. The number of carbonyl (C=O) groups excluding carboxylic acids is 1. The van der Waals surface area contributed by atoms with Gasteiger partial charge in [0.15, 0.2) is 5.82 Å². The Morgan fingerprint density at radius 3 is 2.67 bits per heavy atom. The highest BCUT2D eigenvalue weighted by molar-refractivity contribution is 7.90. The smallest absolute Gasteiger partial charge is 0.264 e. The van der Waals surface area contributed by atoms with Gasteiger partial charge in [-0.1, -0.05) is 30.7 Å². The molecule has 1 N–H and O–H groups in total. The third-order valence-corrected chi connectivity index (χ3v) is 13.5. The van der Waals surface area contributed by atoms with Crippen LogP contribution in [-0.4, -0.2) is 56.3 Å². The molecule has 9 nitrogen and oxygen atoms in total. The third kappa shape index (κ3) is 5.79. The standard InChI is InChI=1S/C37H43ClN4O5S/c1-24-7-4-16-37(46-3,35-39-17-6-18-40-35)31-12-9-28(31)21-42-22-36(15-5-8-26-19-29(38)11-13-30(26)36)23-47-33-14-10-27(20-32(33)42)34(43)41-48(44,45)25(24)2/h4,6,10-11,13-14,16-20,24-25,28,31H,5,7-9,12,15,21-23H2,1-3H3,(H,41,43)/b16-4+/t24-,25+,28-,31+,36-,37-/m0/s1. The van der Waals surface area contributed by atoms with Crippen LogP contribution < -0.4 is 14.4 Å². The van der Waals surface area contributed by atoms with Gasteiger partial charge in [-0.05, 0) is 111 Å². The molecule has 1 spiro atoms. The molecule has 48 heavy (non-hydrogen) atoms. The van der Waals surface area contributed by atoms with Crippen molar-refractivity contribution >= 4 is 33.2 Å². The Bertz CT molecular complexity index is 1840. The SMILES string of the molecule is CO[C@@]1(c2ncccn2)/C=C/C[C@H](C)[C@@H](C)S(=O)(=O)NC(=O)c2ccc3c(c2)N(C[C@@H]2CC[C@H]21)C[C@@]1(CCCc2cc(Cl)ccc21)CO3. The van der Waals surface area contributed by atoms with E-state index in [9.17, 15) is 13.2 Å². The maximum atomic E-state index is 13.5. The third-order valence-electron chi connectivity index (χ3n) is 11.4. The number of hydrogen-bond acceptors (Lipinski definition) is 8. The second kappa shape index (κ2) is 12.8. The summed E-state index contributed by atoms with van der Waals surface area (Å²) in [6.45, 7) is 5.37. The van der Waals surface area contributed by atoms with Crippen molar-refractivity contribution in [3.05, 3.63) is 94.5 Å². The summed E-state index contributed by atoms with van der Waals surface area (Å²) >= 11 is 6.46. The minimum absolute atomic E-state index is 0.0676. The summed E-state index contributed by atoms with van der Waals surface area (Å²) in [6.07, 6.45) is 12.8. The maximum absolute atomic E-state index is 13.5. The Morgan fingerprint density at radius 2 is 1.92 bits per heavy atom. The number of aryl methyl sites for hydroxylation is 1. The molecule has 2 aromatic carbocycles. The number of nitrogens with zero attached hydrogens (tertiary/aromatic N) is 3. The number of allylic oxidation sites excluding steroid dienone is 1. The first-order valence-corrected chi connectivity index (χ1v) is 18.8. The Balaban J connectivity index is 1.36. The summed E-state index contributed by atoms with van der Waals surface area (Å²) in [5, 5.41) is -0.0897. The number of sulfonamides is 1. The molecule has 3 aromatic rings. The lowest BCUT2D eigenvalue weighted by molar-refractivity contribution is -0.0860. The van der Waals surface area contributed by atoms with E-state index in [1.54, 1.807) is 44.6 Å². The highest BCUT2D eigenvalue weighted by Crippen LogP contribution is 2.51. The maximum Gasteiger partial charge on any atom is 0.264 e. The molecule has 0 unspecified atom stereocenters. The van der Waals surface area contributed by atoms with Crippen LogP contribution in [0.4, 0.5) is 5.69 Å². The highest BCUT2D eigenvalue weighted by atomic mass is 35.5. The number of hydrogen-bond donors (Lipinski definition) is 1. The summed E-state index contributed by atoms with van der Waals surface area (Å²) in [7, 11) is -2.27. The predicted octanol–water partition coefficient (Wildman–Crippen LogP) is 6.22. The van der Waals surface area contributed by atoms with Gasteiger partial charge in [0.25, 0.3) is 5.91 Å². The monoisotopic (exact) mass is 690 g/mol. The molecule has 4 aliphatic rings. The number of aromatic nitrogens is 2. The average Bonchev–Trinajstić information content (AvgIpc) is 3.22. The highest BCUT2D eigenvalue weighted by Gasteiger charge is 2.51. The average molecular weight is 691 g/mol. The number of anilines is 1. The van der Waals surface area contributed by atoms with E-state index < -0.39 is 26.8 Å². The van der Waals surface area contributed by atoms with Gasteiger partial charge in [0.05, 0.1) is 17.5 Å². The van der Waals surface area contributed by atoms with E-state index in [2.05, 4.69) is 31.7 Å². The van der Waals surface area contributed by atoms with Gasteiger partial charge in [0.2, 0.25) is 10.0 Å². The number of fused-ring (bicyclic) bond motifs is 4. The number of carbonyl (C=O) groups is 1. The van der Waals surface area contributed by atoms with Crippen molar-refractivity contribution in [2.45, 2.75) is 68.6 Å². The Kier molecular flexibility index (Phi) is 8.79. The lowest BCUT2D eigenvalue weighted by atomic mass is 9.63. The van der Waals surface area contributed by atoms with Crippen LogP contribution in [-0.2, 0) is 32.2 Å². The Morgan fingerprint density at radius 1 is 1.10 bits per heavy atom. The van der Waals surface area contributed by atoms with Gasteiger partial charge in [-0.2, -0.15) is 0 Å². The number of methoxy groups -OCH3 is 1. The quantitative estimate of drug-likeness (QED) is 0.316. The van der Waals surface area contributed by atoms with Crippen molar-refractivity contribution < 1.29 is 22.7 Å². The molecule has 2 bridgehead atoms. The van der Waals surface area contributed by atoms with Gasteiger partial charge in [-0.3, -0.25) is 4.79 Å². The van der Waals surface area contributed by atoms with Crippen molar-refractivity contribution in [1.82, 2.24) is 14.7 Å². The van der Waals surface area contributed by atoms with Crippen LogP contribution in [0.3, 0.4) is 0 Å². The number of nitrogens with one attached hydrogen (secondary N) is 1. The molecule has 1 amide bonds. The molecule has 0 saturated heterocycles. The second-order valence-corrected chi connectivity index (χ2v) is 16.6. The van der Waals surface area contributed by atoms with E-state index in [4.69, 9.17) is 21.1 Å². The van der Waals surface area contributed by atoms with Crippen LogP contribution >= 0.6 is 11.6 Å².